The molecule has 2 saturated heterocycles. The highest BCUT2D eigenvalue weighted by Crippen LogP contribution is 2.22. The average molecular weight is 316 g/mol. The number of likely N-dealkylation sites (tertiary alicyclic amines) is 1. The summed E-state index contributed by atoms with van der Waals surface area (Å²) in [5, 5.41) is 2.43. The van der Waals surface area contributed by atoms with Crippen molar-refractivity contribution < 1.29 is 14.4 Å². The third-order valence-electron chi connectivity index (χ3n) is 4.44. The van der Waals surface area contributed by atoms with Crippen molar-refractivity contribution in [3.05, 3.63) is 30.1 Å². The van der Waals surface area contributed by atoms with Crippen LogP contribution in [0.5, 0.6) is 0 Å². The van der Waals surface area contributed by atoms with Gasteiger partial charge in [0.1, 0.15) is 6.54 Å². The van der Waals surface area contributed by atoms with Crippen molar-refractivity contribution in [3.63, 3.8) is 0 Å². The minimum Gasteiger partial charge on any atom is -0.338 e. The summed E-state index contributed by atoms with van der Waals surface area (Å²) in [6.45, 7) is 0.525. The summed E-state index contributed by atoms with van der Waals surface area (Å²) >= 11 is 0. The number of imide groups is 1. The standard InChI is InChI=1S/C16H20N4O3/c21-14-10-18-16(23)20(14)11-15(22)19-9-1-2-13(19)4-3-12-5-7-17-8-6-12/h5-8,13H,1-4,9-11H2,(H,18,23)/t13-/m1/s1. The second-order valence-electron chi connectivity index (χ2n) is 5.92. The zero-order chi connectivity index (χ0) is 16.2. The molecular weight excluding hydrogens is 296 g/mol. The minimum absolute atomic E-state index is 0.0163. The summed E-state index contributed by atoms with van der Waals surface area (Å²) < 4.78 is 0. The van der Waals surface area contributed by atoms with E-state index in [9.17, 15) is 14.4 Å². The molecule has 1 aromatic heterocycles. The van der Waals surface area contributed by atoms with Gasteiger partial charge in [-0.3, -0.25) is 19.5 Å². The molecule has 7 heteroatoms. The molecule has 0 saturated carbocycles. The number of carbonyl (C=O) groups is 3. The largest absolute Gasteiger partial charge is 0.338 e. The lowest BCUT2D eigenvalue weighted by molar-refractivity contribution is -0.137. The molecule has 2 fully saturated rings. The van der Waals surface area contributed by atoms with Crippen molar-refractivity contribution in [3.8, 4) is 0 Å². The normalized spacial score (nSPS) is 21.0. The zero-order valence-corrected chi connectivity index (χ0v) is 12.9. The highest BCUT2D eigenvalue weighted by atomic mass is 16.2. The van der Waals surface area contributed by atoms with Crippen LogP contribution in [0.15, 0.2) is 24.5 Å². The number of rotatable bonds is 5. The number of hydrogen-bond donors (Lipinski definition) is 1. The lowest BCUT2D eigenvalue weighted by Gasteiger charge is -2.26. The molecule has 23 heavy (non-hydrogen) atoms. The third-order valence-corrected chi connectivity index (χ3v) is 4.44. The minimum atomic E-state index is -0.476. The third kappa shape index (κ3) is 3.49. The van der Waals surface area contributed by atoms with Crippen molar-refractivity contribution in [2.24, 2.45) is 0 Å². The van der Waals surface area contributed by atoms with Gasteiger partial charge in [-0.2, -0.15) is 0 Å². The monoisotopic (exact) mass is 316 g/mol. The maximum Gasteiger partial charge on any atom is 0.325 e. The predicted molar refractivity (Wildman–Crippen MR) is 82.4 cm³/mol. The van der Waals surface area contributed by atoms with Gasteiger partial charge in [0, 0.05) is 25.0 Å². The van der Waals surface area contributed by atoms with Crippen molar-refractivity contribution in [1.82, 2.24) is 20.1 Å². The van der Waals surface area contributed by atoms with Crippen LogP contribution in [0.1, 0.15) is 24.8 Å². The SMILES string of the molecule is O=C1CNC(=O)N1CC(=O)N1CCC[C@@H]1CCc1ccncc1. The van der Waals surface area contributed by atoms with E-state index in [1.54, 1.807) is 12.4 Å². The molecule has 1 N–H and O–H groups in total. The highest BCUT2D eigenvalue weighted by molar-refractivity contribution is 6.04. The summed E-state index contributed by atoms with van der Waals surface area (Å²) in [5.74, 6) is -0.483. The molecule has 0 bridgehead atoms. The fourth-order valence-electron chi connectivity index (χ4n) is 3.19. The van der Waals surface area contributed by atoms with Gasteiger partial charge < -0.3 is 10.2 Å². The van der Waals surface area contributed by atoms with Crippen LogP contribution in [-0.2, 0) is 16.0 Å². The Kier molecular flexibility index (Phi) is 4.55. The maximum atomic E-state index is 12.5. The van der Waals surface area contributed by atoms with Crippen LogP contribution in [0.3, 0.4) is 0 Å². The summed E-state index contributed by atoms with van der Waals surface area (Å²) in [5.41, 5.74) is 1.20. The van der Waals surface area contributed by atoms with Crippen LogP contribution in [0.4, 0.5) is 4.79 Å². The van der Waals surface area contributed by atoms with E-state index in [1.165, 1.54) is 5.56 Å². The zero-order valence-electron chi connectivity index (χ0n) is 12.9. The Balaban J connectivity index is 1.56. The van der Waals surface area contributed by atoms with Gasteiger partial charge in [-0.1, -0.05) is 0 Å². The van der Waals surface area contributed by atoms with Gasteiger partial charge in [-0.25, -0.2) is 4.79 Å². The van der Waals surface area contributed by atoms with Gasteiger partial charge in [0.2, 0.25) is 5.91 Å². The molecule has 122 valence electrons. The Hall–Kier alpha value is -2.44. The Morgan fingerprint density at radius 3 is 2.78 bits per heavy atom. The van der Waals surface area contributed by atoms with E-state index in [4.69, 9.17) is 0 Å². The van der Waals surface area contributed by atoms with Crippen molar-refractivity contribution in [2.75, 3.05) is 19.6 Å². The van der Waals surface area contributed by atoms with Gasteiger partial charge in [0.15, 0.2) is 0 Å². The molecule has 4 amide bonds. The van der Waals surface area contributed by atoms with Crippen molar-refractivity contribution in [2.45, 2.75) is 31.7 Å². The van der Waals surface area contributed by atoms with E-state index in [1.807, 2.05) is 17.0 Å². The van der Waals surface area contributed by atoms with Gasteiger partial charge in [-0.05, 0) is 43.4 Å². The molecule has 0 unspecified atom stereocenters. The number of nitrogens with zero attached hydrogens (tertiary/aromatic N) is 3. The number of aromatic nitrogens is 1. The first-order valence-corrected chi connectivity index (χ1v) is 7.91. The smallest absolute Gasteiger partial charge is 0.325 e. The molecule has 0 aliphatic carbocycles. The Morgan fingerprint density at radius 2 is 2.09 bits per heavy atom. The van der Waals surface area contributed by atoms with Crippen LogP contribution in [-0.4, -0.2) is 58.3 Å². The number of nitrogens with one attached hydrogen (secondary N) is 1. The van der Waals surface area contributed by atoms with Crippen molar-refractivity contribution >= 4 is 17.8 Å². The predicted octanol–water partition coefficient (Wildman–Crippen LogP) is 0.557. The fourth-order valence-corrected chi connectivity index (χ4v) is 3.19. The molecule has 3 heterocycles. The van der Waals surface area contributed by atoms with Crippen LogP contribution in [0, 0.1) is 0 Å². The Labute approximate surface area is 134 Å². The number of amides is 4. The first kappa shape index (κ1) is 15.5. The molecule has 2 aliphatic heterocycles. The van der Waals surface area contributed by atoms with E-state index >= 15 is 0 Å². The van der Waals surface area contributed by atoms with Gasteiger partial charge >= 0.3 is 6.03 Å². The van der Waals surface area contributed by atoms with E-state index < -0.39 is 6.03 Å². The Morgan fingerprint density at radius 1 is 1.30 bits per heavy atom. The molecule has 0 aromatic carbocycles. The fraction of sp³-hybridized carbons (Fsp3) is 0.500. The van der Waals surface area contributed by atoms with Crippen molar-refractivity contribution in [1.29, 1.82) is 0 Å². The topological polar surface area (TPSA) is 82.6 Å². The Bertz CT molecular complexity index is 589. The summed E-state index contributed by atoms with van der Waals surface area (Å²) in [7, 11) is 0. The first-order valence-electron chi connectivity index (χ1n) is 7.91. The lowest BCUT2D eigenvalue weighted by atomic mass is 10.0. The first-order chi connectivity index (χ1) is 11.1. The second-order valence-corrected chi connectivity index (χ2v) is 5.92. The lowest BCUT2D eigenvalue weighted by Crippen LogP contribution is -2.45. The average Bonchev–Trinajstić information content (AvgIpc) is 3.15. The van der Waals surface area contributed by atoms with E-state index in [-0.39, 0.29) is 30.9 Å². The molecule has 1 atom stereocenters. The number of hydrogen-bond acceptors (Lipinski definition) is 4. The van der Waals surface area contributed by atoms with E-state index in [0.717, 1.165) is 30.6 Å². The molecule has 0 spiro atoms. The van der Waals surface area contributed by atoms with E-state index in [2.05, 4.69) is 10.3 Å². The summed E-state index contributed by atoms with van der Waals surface area (Å²) in [6, 6.07) is 3.66. The van der Waals surface area contributed by atoms with Crippen LogP contribution >= 0.6 is 0 Å². The quantitative estimate of drug-likeness (QED) is 0.805. The molecule has 3 rings (SSSR count). The highest BCUT2D eigenvalue weighted by Gasteiger charge is 2.34. The van der Waals surface area contributed by atoms with Crippen LogP contribution < -0.4 is 5.32 Å². The molecule has 2 aliphatic rings. The van der Waals surface area contributed by atoms with Gasteiger partial charge in [0.25, 0.3) is 5.91 Å². The summed E-state index contributed by atoms with van der Waals surface area (Å²) in [4.78, 5) is 42.4. The van der Waals surface area contributed by atoms with Gasteiger partial charge in [0.05, 0.1) is 6.54 Å². The number of aryl methyl sites for hydroxylation is 1. The second kappa shape index (κ2) is 6.76. The summed E-state index contributed by atoms with van der Waals surface area (Å²) in [6.07, 6.45) is 7.24. The molecule has 0 radical (unpaired) electrons. The number of pyridine rings is 1. The molecular formula is C16H20N4O3. The number of carbonyl (C=O) groups excluding carboxylic acids is 3. The number of urea groups is 1. The van der Waals surface area contributed by atoms with Crippen LogP contribution in [0.2, 0.25) is 0 Å². The maximum absolute atomic E-state index is 12.5. The van der Waals surface area contributed by atoms with Gasteiger partial charge in [-0.15, -0.1) is 0 Å². The van der Waals surface area contributed by atoms with Crippen LogP contribution in [0.25, 0.3) is 0 Å². The van der Waals surface area contributed by atoms with E-state index in [0.29, 0.717) is 6.54 Å². The molecule has 7 nitrogen and oxygen atoms in total. The molecule has 1 aromatic rings.